The second-order valence-electron chi connectivity index (χ2n) is 8.14. The zero-order chi connectivity index (χ0) is 82.9. The zero-order valence-electron chi connectivity index (χ0n) is 73.2. The van der Waals surface area contributed by atoms with Crippen molar-refractivity contribution in [2.45, 2.75) is 305 Å². The maximum Gasteiger partial charge on any atom is 0.180 e. The summed E-state index contributed by atoms with van der Waals surface area (Å²) in [6.07, 6.45) is 34.7. The Balaban J connectivity index is -0.0000000313. The molecule has 0 radical (unpaired) electrons. The Morgan fingerprint density at radius 1 is 0.263 bits per heavy atom. The number of hydrogen-bond donors (Lipinski definition) is 5. The summed E-state index contributed by atoms with van der Waals surface area (Å²) in [6.45, 7) is 88.0. The Labute approximate surface area is 631 Å². The van der Waals surface area contributed by atoms with E-state index in [2.05, 4.69) is 83.2 Å². The van der Waals surface area contributed by atoms with E-state index in [1.165, 1.54) is 43.1 Å². The van der Waals surface area contributed by atoms with Crippen molar-refractivity contribution in [3.8, 4) is 0 Å². The molecule has 0 saturated heterocycles. The van der Waals surface area contributed by atoms with Gasteiger partial charge in [-0.3, -0.25) is 15.2 Å². The minimum atomic E-state index is 1.38. The first-order valence-electron chi connectivity index (χ1n) is 37.4. The lowest BCUT2D eigenvalue weighted by atomic mass is 10.7. The van der Waals surface area contributed by atoms with Crippen molar-refractivity contribution < 1.29 is 13.4 Å². The number of aromatic amines is 5. The molecule has 0 aliphatic carbocycles. The third-order valence-corrected chi connectivity index (χ3v) is 5.96. The summed E-state index contributed by atoms with van der Waals surface area (Å²) in [4.78, 5) is 26.5. The van der Waals surface area contributed by atoms with Crippen LogP contribution in [0.1, 0.15) is 305 Å². The van der Waals surface area contributed by atoms with E-state index in [0.717, 1.165) is 0 Å². The molecule has 0 atom stereocenters. The molecule has 17 nitrogen and oxygen atoms in total. The van der Waals surface area contributed by atoms with Gasteiger partial charge in [-0.05, 0) is 64.8 Å². The summed E-state index contributed by atoms with van der Waals surface area (Å²) in [5.41, 5.74) is 1.79. The van der Waals surface area contributed by atoms with Crippen molar-refractivity contribution in [3.05, 3.63) is 213 Å². The van der Waals surface area contributed by atoms with Gasteiger partial charge in [0.25, 0.3) is 0 Å². The van der Waals surface area contributed by atoms with E-state index in [9.17, 15) is 0 Å². The highest BCUT2D eigenvalue weighted by Crippen LogP contribution is 1.91. The summed E-state index contributed by atoms with van der Waals surface area (Å²) < 4.78 is 17.2. The zero-order valence-corrected chi connectivity index (χ0v) is 75.6. The molecule has 0 amide bonds. The minimum absolute atomic E-state index is 1.38. The molecule has 0 fully saturated rings. The predicted octanol–water partition coefficient (Wildman–Crippen LogP) is 31.3. The van der Waals surface area contributed by atoms with Gasteiger partial charge in [-0.15, -0.1) is 11.3 Å². The van der Waals surface area contributed by atoms with E-state index >= 15 is 0 Å². The van der Waals surface area contributed by atoms with Gasteiger partial charge in [0.1, 0.15) is 25.2 Å². The quantitative estimate of drug-likeness (QED) is 0.0954. The molecule has 5 N–H and O–H groups in total. The smallest absolute Gasteiger partial charge is 0.180 e. The largest absolute Gasteiger partial charge is 0.473 e. The molecular weight excluding hydrogens is 1290 g/mol. The molecule has 594 valence electrons. The molecule has 0 aromatic carbocycles. The van der Waals surface area contributed by atoms with Crippen molar-refractivity contribution in [1.82, 2.24) is 69.8 Å². The average molecular weight is 1460 g/mol. The van der Waals surface area contributed by atoms with Crippen LogP contribution in [0.3, 0.4) is 0 Å². The fraction of sp³-hybridized carbons (Fsp3) is 0.557. The number of oxazole rings is 1. The van der Waals surface area contributed by atoms with Gasteiger partial charge >= 0.3 is 0 Å². The summed E-state index contributed by atoms with van der Waals surface area (Å²) in [7, 11) is 0. The number of thiazole rings is 1. The first-order chi connectivity index (χ1) is 49.5. The SMILES string of the molecule is CC.CC.CC.CC.CC.CC.CC.CC.CC.CC.CC.CC.CC.CC.CC.CC.CC.CC.CC.CC.CC.CC.c1c[nH]cn1.c1c[nH]cn1.c1cc[nH]c1.c1ccoc1.c1ccsc1.c1cn[nH]c1.c1cnoc1.c1cnsc1.c1cocn1.c1cscn1.c1nc[nH]n1. The van der Waals surface area contributed by atoms with Gasteiger partial charge in [-0.1, -0.05) is 322 Å². The molecule has 11 heterocycles. The first-order valence-corrected chi connectivity index (χ1v) is 40.1. The standard InChI is InChI=1S/C4H5N.C4H4O.C4H4S.3C3H4N2.2C3H3NO.2C3H3NS.C2H3N3.22C2H6/c3*1-2-4-5-3-1;2*1-2-5-3-4-1;1-2-4-5-3-1;1-2-5-3-4-1;1-2-4-5-3-1;1-2-5-3-4-1;1-2-4-5-3-1;1-3-2-5-4-1;22*1-2/h1-5H;2*1-4H;3*1-3H,(H,4,5);4*1-3H;1-2H,(H,3,4,5);22*1-2H3. The Hall–Kier alpha value is -7.29. The van der Waals surface area contributed by atoms with Crippen molar-refractivity contribution in [3.63, 3.8) is 0 Å². The van der Waals surface area contributed by atoms with Crippen LogP contribution in [-0.2, 0) is 0 Å². The first kappa shape index (κ1) is 155. The second-order valence-corrected chi connectivity index (χ2v) is 10.4. The van der Waals surface area contributed by atoms with Crippen LogP contribution in [0.25, 0.3) is 0 Å². The van der Waals surface area contributed by atoms with E-state index < -0.39 is 0 Å². The minimum Gasteiger partial charge on any atom is -0.473 e. The molecule has 0 spiro atoms. The normalized spacial score (nSPS) is 5.78. The maximum absolute atomic E-state index is 4.58. The van der Waals surface area contributed by atoms with Crippen LogP contribution in [0.4, 0.5) is 0 Å². The average Bonchev–Trinajstić information content (AvgIpc) is 4.57. The van der Waals surface area contributed by atoms with Crippen molar-refractivity contribution in [1.29, 1.82) is 0 Å². The molecule has 99 heavy (non-hydrogen) atoms. The van der Waals surface area contributed by atoms with Gasteiger partial charge in [-0.25, -0.2) is 24.3 Å². The maximum atomic E-state index is 4.58. The number of H-pyrrole nitrogens is 5. The van der Waals surface area contributed by atoms with Crippen molar-refractivity contribution in [2.24, 2.45) is 0 Å². The molecule has 20 heteroatoms. The number of nitrogens with one attached hydrogen (secondary N) is 5. The van der Waals surface area contributed by atoms with Crippen LogP contribution in [0.15, 0.2) is 226 Å². The summed E-state index contributed by atoms with van der Waals surface area (Å²) in [5, 5.41) is 23.5. The molecule has 11 aromatic rings. The van der Waals surface area contributed by atoms with E-state index in [-0.39, 0.29) is 0 Å². The monoisotopic (exact) mass is 1460 g/mol. The highest BCUT2D eigenvalue weighted by molar-refractivity contribution is 7.07. The number of thiophene rings is 1. The van der Waals surface area contributed by atoms with E-state index in [1.54, 1.807) is 121 Å². The van der Waals surface area contributed by atoms with Gasteiger partial charge in [-0.2, -0.15) is 21.5 Å². The number of aromatic nitrogens is 14. The second kappa shape index (κ2) is 321. The molecule has 0 saturated carbocycles. The van der Waals surface area contributed by atoms with Crippen LogP contribution in [0, 0.1) is 0 Å². The number of hydrogen-bond acceptors (Lipinski definition) is 15. The van der Waals surface area contributed by atoms with Gasteiger partial charge in [0.05, 0.1) is 43.1 Å². The molecule has 0 aliphatic rings. The Bertz CT molecular complexity index is 1220. The predicted molar refractivity (Wildman–Crippen MR) is 463 cm³/mol. The summed E-state index contributed by atoms with van der Waals surface area (Å²) in [6, 6.07) is 17.1. The molecule has 0 unspecified atom stereocenters. The number of imidazole rings is 2. The lowest BCUT2D eigenvalue weighted by Crippen LogP contribution is -1.53. The summed E-state index contributed by atoms with van der Waals surface area (Å²) in [5.74, 6) is 0. The number of nitrogens with zero attached hydrogens (tertiary/aromatic N) is 9. The molecular formula is C79H172N14O3S3. The lowest BCUT2D eigenvalue weighted by molar-refractivity contribution is 0.420. The fourth-order valence-electron chi connectivity index (χ4n) is 2.25. The van der Waals surface area contributed by atoms with Gasteiger partial charge in [0.15, 0.2) is 6.39 Å². The van der Waals surface area contributed by atoms with Crippen LogP contribution < -0.4 is 0 Å². The molecule has 0 bridgehead atoms. The topological polar surface area (TPSA) is 234 Å². The van der Waals surface area contributed by atoms with Crippen molar-refractivity contribution in [2.75, 3.05) is 0 Å². The van der Waals surface area contributed by atoms with Gasteiger partial charge in [0, 0.05) is 72.7 Å². The molecule has 11 aromatic heterocycles. The van der Waals surface area contributed by atoms with Crippen LogP contribution in [-0.4, -0.2) is 69.8 Å². The Kier molecular flexibility index (Phi) is 503. The highest BCUT2D eigenvalue weighted by Gasteiger charge is 1.63. The summed E-state index contributed by atoms with van der Waals surface area (Å²) >= 11 is 4.78. The number of rotatable bonds is 0. The fourth-order valence-corrected chi connectivity index (χ4v) is 3.40. The highest BCUT2D eigenvalue weighted by atomic mass is 32.1. The third-order valence-electron chi connectivity index (χ3n) is 4.28. The molecule has 0 aliphatic heterocycles. The lowest BCUT2D eigenvalue weighted by Gasteiger charge is -1.50. The molecule has 11 rings (SSSR count). The van der Waals surface area contributed by atoms with E-state index in [4.69, 9.17) is 0 Å². The van der Waals surface area contributed by atoms with Crippen molar-refractivity contribution >= 4 is 34.2 Å². The van der Waals surface area contributed by atoms with Gasteiger partial charge < -0.3 is 28.3 Å². The van der Waals surface area contributed by atoms with Gasteiger partial charge in [0.2, 0.25) is 0 Å². The van der Waals surface area contributed by atoms with Crippen LogP contribution in [0.5, 0.6) is 0 Å². The Morgan fingerprint density at radius 2 is 0.707 bits per heavy atom. The Morgan fingerprint density at radius 3 is 0.808 bits per heavy atom. The number of furan rings is 1. The van der Waals surface area contributed by atoms with Crippen LogP contribution in [0.2, 0.25) is 0 Å². The third kappa shape index (κ3) is 314. The van der Waals surface area contributed by atoms with E-state index in [0.29, 0.717) is 0 Å². The van der Waals surface area contributed by atoms with Crippen LogP contribution >= 0.6 is 34.2 Å². The van der Waals surface area contributed by atoms with E-state index in [1.807, 2.05) is 387 Å².